The maximum Gasteiger partial charge on any atom is 0.321 e. The van der Waals surface area contributed by atoms with Crippen molar-refractivity contribution < 1.29 is 9.18 Å². The molecule has 144 valence electrons. The number of carbonyl (C=O) groups is 1. The minimum Gasteiger partial charge on any atom is -0.324 e. The summed E-state index contributed by atoms with van der Waals surface area (Å²) in [6, 6.07) is 12.3. The maximum absolute atomic E-state index is 13.2. The first kappa shape index (κ1) is 19.9. The number of nitrogens with zero attached hydrogens (tertiary/aromatic N) is 2. The number of benzene rings is 2. The molecule has 1 N–H and O–H groups in total. The molecule has 0 unspecified atom stereocenters. The molecule has 1 fully saturated rings. The Bertz CT molecular complexity index is 810. The van der Waals surface area contributed by atoms with Crippen molar-refractivity contribution in [2.24, 2.45) is 0 Å². The number of amides is 2. The number of halogens is 3. The molecule has 27 heavy (non-hydrogen) atoms. The molecule has 2 amide bonds. The summed E-state index contributed by atoms with van der Waals surface area (Å²) >= 11 is 11.8. The Morgan fingerprint density at radius 1 is 1.22 bits per heavy atom. The fourth-order valence-corrected chi connectivity index (χ4v) is 3.73. The van der Waals surface area contributed by atoms with E-state index in [1.807, 2.05) is 18.2 Å². The molecule has 0 saturated carbocycles. The fourth-order valence-electron chi connectivity index (χ4n) is 3.34. The van der Waals surface area contributed by atoms with Crippen LogP contribution in [0.1, 0.15) is 18.4 Å². The van der Waals surface area contributed by atoms with Crippen molar-refractivity contribution >= 4 is 34.9 Å². The van der Waals surface area contributed by atoms with Gasteiger partial charge in [-0.3, -0.25) is 4.90 Å². The van der Waals surface area contributed by atoms with Crippen LogP contribution in [0.15, 0.2) is 42.5 Å². The van der Waals surface area contributed by atoms with Gasteiger partial charge in [0.25, 0.3) is 0 Å². The van der Waals surface area contributed by atoms with Gasteiger partial charge < -0.3 is 10.2 Å². The van der Waals surface area contributed by atoms with Crippen LogP contribution in [-0.4, -0.2) is 42.0 Å². The number of hydrogen-bond donors (Lipinski definition) is 1. The lowest BCUT2D eigenvalue weighted by Crippen LogP contribution is -2.46. The number of nitrogens with one attached hydrogen (secondary N) is 1. The fraction of sp³-hybridized carbons (Fsp3) is 0.350. The lowest BCUT2D eigenvalue weighted by atomic mass is 10.0. The molecule has 4 nitrogen and oxygen atoms in total. The number of hydrogen-bond acceptors (Lipinski definition) is 2. The van der Waals surface area contributed by atoms with Crippen LogP contribution in [0, 0.1) is 5.82 Å². The summed E-state index contributed by atoms with van der Waals surface area (Å²) in [4.78, 5) is 16.5. The van der Waals surface area contributed by atoms with E-state index < -0.39 is 5.82 Å². The second-order valence-electron chi connectivity index (χ2n) is 6.82. The third-order valence-electron chi connectivity index (χ3n) is 4.87. The van der Waals surface area contributed by atoms with E-state index in [-0.39, 0.29) is 11.1 Å². The van der Waals surface area contributed by atoms with Crippen molar-refractivity contribution in [3.05, 3.63) is 63.9 Å². The van der Waals surface area contributed by atoms with E-state index in [0.29, 0.717) is 24.8 Å². The van der Waals surface area contributed by atoms with Crippen molar-refractivity contribution in [2.45, 2.75) is 25.4 Å². The zero-order chi connectivity index (χ0) is 19.4. The van der Waals surface area contributed by atoms with Crippen molar-refractivity contribution in [1.29, 1.82) is 0 Å². The van der Waals surface area contributed by atoms with Crippen LogP contribution in [0.25, 0.3) is 0 Å². The van der Waals surface area contributed by atoms with Gasteiger partial charge in [-0.05, 0) is 55.8 Å². The third-order valence-corrected chi connectivity index (χ3v) is 5.39. The molecule has 1 saturated heterocycles. The van der Waals surface area contributed by atoms with Crippen LogP contribution >= 0.6 is 23.2 Å². The highest BCUT2D eigenvalue weighted by Crippen LogP contribution is 2.22. The Kier molecular flexibility index (Phi) is 6.58. The summed E-state index contributed by atoms with van der Waals surface area (Å²) in [5.41, 5.74) is 1.67. The van der Waals surface area contributed by atoms with Gasteiger partial charge in [0.05, 0.1) is 5.02 Å². The summed E-state index contributed by atoms with van der Waals surface area (Å²) in [6.45, 7) is 2.17. The molecule has 1 heterocycles. The maximum atomic E-state index is 13.2. The van der Waals surface area contributed by atoms with Gasteiger partial charge in [0, 0.05) is 36.4 Å². The average Bonchev–Trinajstić information content (AvgIpc) is 2.65. The van der Waals surface area contributed by atoms with Crippen molar-refractivity contribution in [3.63, 3.8) is 0 Å². The zero-order valence-corrected chi connectivity index (χ0v) is 16.6. The molecule has 0 aromatic heterocycles. The van der Waals surface area contributed by atoms with Gasteiger partial charge in [-0.1, -0.05) is 35.3 Å². The SMILES string of the molecule is CN(Cc1cccc(Cl)c1)C1CCN(C(=O)Nc2ccc(F)c(Cl)c2)CC1. The Morgan fingerprint density at radius 2 is 1.96 bits per heavy atom. The van der Waals surface area contributed by atoms with E-state index in [1.165, 1.54) is 23.8 Å². The normalized spacial score (nSPS) is 15.2. The van der Waals surface area contributed by atoms with Gasteiger partial charge in [0.15, 0.2) is 0 Å². The van der Waals surface area contributed by atoms with Crippen LogP contribution in [0.2, 0.25) is 10.0 Å². The van der Waals surface area contributed by atoms with E-state index in [4.69, 9.17) is 23.2 Å². The molecule has 0 spiro atoms. The van der Waals surface area contributed by atoms with Gasteiger partial charge in [-0.2, -0.15) is 0 Å². The lowest BCUT2D eigenvalue weighted by molar-refractivity contribution is 0.137. The quantitative estimate of drug-likeness (QED) is 0.746. The summed E-state index contributed by atoms with van der Waals surface area (Å²) in [5.74, 6) is -0.502. The van der Waals surface area contributed by atoms with Gasteiger partial charge in [0.2, 0.25) is 0 Å². The van der Waals surface area contributed by atoms with E-state index in [1.54, 1.807) is 4.90 Å². The molecular formula is C20H22Cl2FN3O. The number of piperidine rings is 1. The highest BCUT2D eigenvalue weighted by atomic mass is 35.5. The van der Waals surface area contributed by atoms with Crippen LogP contribution in [0.4, 0.5) is 14.9 Å². The largest absolute Gasteiger partial charge is 0.324 e. The molecule has 3 rings (SSSR count). The van der Waals surface area contributed by atoms with E-state index in [0.717, 1.165) is 24.4 Å². The predicted octanol–water partition coefficient (Wildman–Crippen LogP) is 5.26. The number of likely N-dealkylation sites (tertiary alicyclic amines) is 1. The second kappa shape index (κ2) is 8.91. The first-order valence-electron chi connectivity index (χ1n) is 8.88. The van der Waals surface area contributed by atoms with E-state index in [2.05, 4.69) is 23.3 Å². The summed E-state index contributed by atoms with van der Waals surface area (Å²) in [6.07, 6.45) is 1.79. The highest BCUT2D eigenvalue weighted by Gasteiger charge is 2.25. The standard InChI is InChI=1S/C20H22Cl2FN3O/c1-25(13-14-3-2-4-15(21)11-14)17-7-9-26(10-8-17)20(27)24-16-5-6-19(23)18(22)12-16/h2-6,11-12,17H,7-10,13H2,1H3,(H,24,27). The van der Waals surface area contributed by atoms with Gasteiger partial charge in [-0.15, -0.1) is 0 Å². The first-order valence-corrected chi connectivity index (χ1v) is 9.63. The Hall–Kier alpha value is -1.82. The molecular weight excluding hydrogens is 388 g/mol. The second-order valence-corrected chi connectivity index (χ2v) is 7.67. The number of carbonyl (C=O) groups excluding carboxylic acids is 1. The molecule has 1 aliphatic rings. The third kappa shape index (κ3) is 5.34. The Labute approximate surface area is 168 Å². The minimum absolute atomic E-state index is 0.00542. The number of anilines is 1. The zero-order valence-electron chi connectivity index (χ0n) is 15.1. The molecule has 0 bridgehead atoms. The van der Waals surface area contributed by atoms with Crippen LogP contribution < -0.4 is 5.32 Å². The minimum atomic E-state index is -0.502. The molecule has 2 aromatic carbocycles. The Morgan fingerprint density at radius 3 is 2.63 bits per heavy atom. The topological polar surface area (TPSA) is 35.6 Å². The first-order chi connectivity index (χ1) is 12.9. The predicted molar refractivity (Wildman–Crippen MR) is 108 cm³/mol. The van der Waals surface area contributed by atoms with Crippen molar-refractivity contribution in [2.75, 3.05) is 25.5 Å². The van der Waals surface area contributed by atoms with Crippen molar-refractivity contribution in [1.82, 2.24) is 9.80 Å². The monoisotopic (exact) mass is 409 g/mol. The van der Waals surface area contributed by atoms with Gasteiger partial charge >= 0.3 is 6.03 Å². The summed E-state index contributed by atoms with van der Waals surface area (Å²) < 4.78 is 13.2. The van der Waals surface area contributed by atoms with Gasteiger partial charge in [0.1, 0.15) is 5.82 Å². The molecule has 1 aliphatic heterocycles. The molecule has 2 aromatic rings. The smallest absolute Gasteiger partial charge is 0.321 e. The van der Waals surface area contributed by atoms with Crippen LogP contribution in [0.5, 0.6) is 0 Å². The van der Waals surface area contributed by atoms with Crippen molar-refractivity contribution in [3.8, 4) is 0 Å². The van der Waals surface area contributed by atoms with E-state index in [9.17, 15) is 9.18 Å². The molecule has 0 aliphatic carbocycles. The highest BCUT2D eigenvalue weighted by molar-refractivity contribution is 6.31. The molecule has 0 atom stereocenters. The molecule has 0 radical (unpaired) electrons. The van der Waals surface area contributed by atoms with E-state index >= 15 is 0 Å². The molecule has 7 heteroatoms. The van der Waals surface area contributed by atoms with Crippen LogP contribution in [-0.2, 0) is 6.54 Å². The summed E-state index contributed by atoms with van der Waals surface area (Å²) in [7, 11) is 2.10. The number of urea groups is 1. The lowest BCUT2D eigenvalue weighted by Gasteiger charge is -2.36. The summed E-state index contributed by atoms with van der Waals surface area (Å²) in [5, 5.41) is 3.52. The number of rotatable bonds is 4. The van der Waals surface area contributed by atoms with Gasteiger partial charge in [-0.25, -0.2) is 9.18 Å². The van der Waals surface area contributed by atoms with Crippen LogP contribution in [0.3, 0.4) is 0 Å². The average molecular weight is 410 g/mol. The Balaban J connectivity index is 1.50.